The van der Waals surface area contributed by atoms with Crippen LogP contribution in [0.3, 0.4) is 0 Å². The van der Waals surface area contributed by atoms with Crippen LogP contribution < -0.4 is 21.1 Å². The number of nitrogens with zero attached hydrogens (tertiary/aromatic N) is 1. The number of aromatic nitrogens is 1. The Morgan fingerprint density at radius 3 is 2.88 bits per heavy atom. The first-order valence-corrected chi connectivity index (χ1v) is 4.93. The van der Waals surface area contributed by atoms with Crippen LogP contribution in [0.2, 0.25) is 0 Å². The Kier molecular flexibility index (Phi) is 4.89. The smallest absolute Gasteiger partial charge is 0.243 e. The lowest BCUT2D eigenvalue weighted by molar-refractivity contribution is -0.123. The molecule has 0 aromatic carbocycles. The second kappa shape index (κ2) is 6.44. The van der Waals surface area contributed by atoms with Gasteiger partial charge in [-0.25, -0.2) is 4.98 Å². The van der Waals surface area contributed by atoms with Crippen LogP contribution in [0.25, 0.3) is 0 Å². The Bertz CT molecular complexity index is 408. The van der Waals surface area contributed by atoms with Crippen molar-refractivity contribution in [2.45, 2.75) is 0 Å². The zero-order valence-electron chi connectivity index (χ0n) is 9.40. The molecule has 4 N–H and O–H groups in total. The molecule has 0 unspecified atom stereocenters. The van der Waals surface area contributed by atoms with Crippen LogP contribution in [0.1, 0.15) is 0 Å². The SMILES string of the molecule is COc1ncccc1NC(=O)CNC(=O)CN. The van der Waals surface area contributed by atoms with Crippen molar-refractivity contribution >= 4 is 17.5 Å². The number of carbonyl (C=O) groups excluding carboxylic acids is 2. The molecule has 0 aliphatic carbocycles. The molecule has 7 nitrogen and oxygen atoms in total. The molecule has 0 aliphatic rings. The summed E-state index contributed by atoms with van der Waals surface area (Å²) in [5.74, 6) is -0.456. The molecular weight excluding hydrogens is 224 g/mol. The molecule has 1 aromatic rings. The Morgan fingerprint density at radius 2 is 2.24 bits per heavy atom. The summed E-state index contributed by atoms with van der Waals surface area (Å²) in [5.41, 5.74) is 5.53. The predicted molar refractivity (Wildman–Crippen MR) is 61.5 cm³/mol. The van der Waals surface area contributed by atoms with Crippen LogP contribution in [0.15, 0.2) is 18.3 Å². The van der Waals surface area contributed by atoms with Crippen LogP contribution in [0.5, 0.6) is 5.88 Å². The third kappa shape index (κ3) is 4.07. The largest absolute Gasteiger partial charge is 0.480 e. The maximum Gasteiger partial charge on any atom is 0.243 e. The molecular formula is C10H14N4O3. The number of hydrogen-bond donors (Lipinski definition) is 3. The lowest BCUT2D eigenvalue weighted by Gasteiger charge is -2.08. The number of pyridine rings is 1. The van der Waals surface area contributed by atoms with E-state index in [4.69, 9.17) is 10.5 Å². The van der Waals surface area contributed by atoms with Crippen molar-refractivity contribution in [3.63, 3.8) is 0 Å². The van der Waals surface area contributed by atoms with Gasteiger partial charge in [-0.3, -0.25) is 9.59 Å². The molecule has 0 radical (unpaired) electrons. The van der Waals surface area contributed by atoms with Gasteiger partial charge in [0.05, 0.1) is 20.2 Å². The van der Waals surface area contributed by atoms with Crippen LogP contribution in [0, 0.1) is 0 Å². The van der Waals surface area contributed by atoms with E-state index in [1.54, 1.807) is 18.3 Å². The maximum atomic E-state index is 11.5. The maximum absolute atomic E-state index is 11.5. The number of methoxy groups -OCH3 is 1. The van der Waals surface area contributed by atoms with Gasteiger partial charge in [-0.2, -0.15) is 0 Å². The van der Waals surface area contributed by atoms with Gasteiger partial charge < -0.3 is 21.1 Å². The number of nitrogens with two attached hydrogens (primary N) is 1. The zero-order chi connectivity index (χ0) is 12.7. The van der Waals surface area contributed by atoms with Gasteiger partial charge in [0.1, 0.15) is 5.69 Å². The molecule has 2 amide bonds. The van der Waals surface area contributed by atoms with Crippen LogP contribution in [0.4, 0.5) is 5.69 Å². The normalized spacial score (nSPS) is 9.53. The molecule has 7 heteroatoms. The number of amides is 2. The summed E-state index contributed by atoms with van der Waals surface area (Å²) in [6.07, 6.45) is 1.55. The zero-order valence-corrected chi connectivity index (χ0v) is 9.40. The number of rotatable bonds is 5. The Hall–Kier alpha value is -2.15. The Morgan fingerprint density at radius 1 is 1.47 bits per heavy atom. The van der Waals surface area contributed by atoms with Gasteiger partial charge in [0.2, 0.25) is 17.7 Å². The van der Waals surface area contributed by atoms with Crippen molar-refractivity contribution in [1.82, 2.24) is 10.3 Å². The molecule has 0 saturated heterocycles. The van der Waals surface area contributed by atoms with E-state index >= 15 is 0 Å². The van der Waals surface area contributed by atoms with E-state index in [9.17, 15) is 9.59 Å². The van der Waals surface area contributed by atoms with E-state index in [0.717, 1.165) is 0 Å². The van der Waals surface area contributed by atoms with E-state index < -0.39 is 5.91 Å². The van der Waals surface area contributed by atoms with Gasteiger partial charge in [-0.05, 0) is 12.1 Å². The predicted octanol–water partition coefficient (Wildman–Crippen LogP) is -0.896. The van der Waals surface area contributed by atoms with Crippen LogP contribution in [-0.2, 0) is 9.59 Å². The van der Waals surface area contributed by atoms with E-state index in [2.05, 4.69) is 15.6 Å². The summed E-state index contributed by atoms with van der Waals surface area (Å²) in [6.45, 7) is -0.294. The van der Waals surface area contributed by atoms with Gasteiger partial charge in [-0.15, -0.1) is 0 Å². The standard InChI is InChI=1S/C10H14N4O3/c1-17-10-7(3-2-4-12-10)14-9(16)6-13-8(15)5-11/h2-4H,5-6,11H2,1H3,(H,13,15)(H,14,16). The monoisotopic (exact) mass is 238 g/mol. The van der Waals surface area contributed by atoms with Crippen LogP contribution in [-0.4, -0.2) is 37.0 Å². The molecule has 92 valence electrons. The average Bonchev–Trinajstić information content (AvgIpc) is 2.36. The number of hydrogen-bond acceptors (Lipinski definition) is 5. The molecule has 0 spiro atoms. The van der Waals surface area contributed by atoms with Crippen molar-refractivity contribution in [3.8, 4) is 5.88 Å². The fourth-order valence-electron chi connectivity index (χ4n) is 1.09. The molecule has 17 heavy (non-hydrogen) atoms. The molecule has 0 fully saturated rings. The van der Waals surface area contributed by atoms with E-state index in [0.29, 0.717) is 11.6 Å². The van der Waals surface area contributed by atoms with Gasteiger partial charge in [0.15, 0.2) is 0 Å². The summed E-state index contributed by atoms with van der Waals surface area (Å²) >= 11 is 0. The molecule has 1 heterocycles. The summed E-state index contributed by atoms with van der Waals surface area (Å²) in [4.78, 5) is 26.2. The molecule has 0 bridgehead atoms. The number of carbonyl (C=O) groups is 2. The second-order valence-corrected chi connectivity index (χ2v) is 3.09. The molecule has 1 rings (SSSR count). The lowest BCUT2D eigenvalue weighted by atomic mass is 10.4. The van der Waals surface area contributed by atoms with Crippen molar-refractivity contribution in [3.05, 3.63) is 18.3 Å². The minimum absolute atomic E-state index is 0.145. The van der Waals surface area contributed by atoms with Gasteiger partial charge in [0.25, 0.3) is 0 Å². The summed E-state index contributed by atoms with van der Waals surface area (Å²) in [5, 5.41) is 4.91. The highest BCUT2D eigenvalue weighted by atomic mass is 16.5. The van der Waals surface area contributed by atoms with Crippen molar-refractivity contribution < 1.29 is 14.3 Å². The molecule has 0 aliphatic heterocycles. The number of anilines is 1. The highest BCUT2D eigenvalue weighted by Gasteiger charge is 2.08. The van der Waals surface area contributed by atoms with Crippen LogP contribution >= 0.6 is 0 Å². The third-order valence-electron chi connectivity index (χ3n) is 1.87. The first-order chi connectivity index (χ1) is 8.17. The Labute approximate surface area is 98.4 Å². The van der Waals surface area contributed by atoms with Crippen molar-refractivity contribution in [1.29, 1.82) is 0 Å². The molecule has 1 aromatic heterocycles. The highest BCUT2D eigenvalue weighted by Crippen LogP contribution is 2.19. The summed E-state index contributed by atoms with van der Waals surface area (Å²) in [7, 11) is 1.45. The van der Waals surface area contributed by atoms with Gasteiger partial charge in [0, 0.05) is 6.20 Å². The summed E-state index contributed by atoms with van der Waals surface area (Å²) < 4.78 is 4.96. The van der Waals surface area contributed by atoms with Crippen molar-refractivity contribution in [2.24, 2.45) is 5.73 Å². The quantitative estimate of drug-likeness (QED) is 0.616. The van der Waals surface area contributed by atoms with Crippen molar-refractivity contribution in [2.75, 3.05) is 25.5 Å². The number of ether oxygens (including phenoxy) is 1. The third-order valence-corrected chi connectivity index (χ3v) is 1.87. The van der Waals surface area contributed by atoms with E-state index in [1.807, 2.05) is 0 Å². The minimum Gasteiger partial charge on any atom is -0.480 e. The molecule has 0 saturated carbocycles. The lowest BCUT2D eigenvalue weighted by Crippen LogP contribution is -2.36. The first-order valence-electron chi connectivity index (χ1n) is 4.93. The number of nitrogens with one attached hydrogen (secondary N) is 2. The molecule has 0 atom stereocenters. The van der Waals surface area contributed by atoms with E-state index in [1.165, 1.54) is 7.11 Å². The minimum atomic E-state index is -0.390. The Balaban J connectivity index is 2.53. The van der Waals surface area contributed by atoms with E-state index in [-0.39, 0.29) is 19.0 Å². The average molecular weight is 238 g/mol. The van der Waals surface area contributed by atoms with Gasteiger partial charge in [-0.1, -0.05) is 0 Å². The topological polar surface area (TPSA) is 106 Å². The fourth-order valence-corrected chi connectivity index (χ4v) is 1.09. The second-order valence-electron chi connectivity index (χ2n) is 3.09. The highest BCUT2D eigenvalue weighted by molar-refractivity contribution is 5.95. The van der Waals surface area contributed by atoms with Gasteiger partial charge >= 0.3 is 0 Å². The summed E-state index contributed by atoms with van der Waals surface area (Å²) in [6, 6.07) is 3.31. The first kappa shape index (κ1) is 12.9. The fraction of sp³-hybridized carbons (Fsp3) is 0.300.